The number of rotatable bonds is 16. The second-order valence-corrected chi connectivity index (χ2v) is 7.88. The highest BCUT2D eigenvalue weighted by Crippen LogP contribution is 2.37. The van der Waals surface area contributed by atoms with Crippen LogP contribution in [0.3, 0.4) is 0 Å². The van der Waals surface area contributed by atoms with Crippen LogP contribution in [0.5, 0.6) is 23.0 Å². The SMILES string of the molecule is CCCCOc1cccc(C(=O)C=Cc2cc(OCCCC)cc(OC)c2OCCCC)c1. The summed E-state index contributed by atoms with van der Waals surface area (Å²) < 4.78 is 23.2. The minimum atomic E-state index is -0.105. The molecule has 2 aromatic carbocycles. The van der Waals surface area contributed by atoms with Crippen LogP contribution < -0.4 is 18.9 Å². The van der Waals surface area contributed by atoms with E-state index in [-0.39, 0.29) is 5.78 Å². The van der Waals surface area contributed by atoms with E-state index in [0.29, 0.717) is 48.4 Å². The summed E-state index contributed by atoms with van der Waals surface area (Å²) in [6.07, 6.45) is 9.36. The van der Waals surface area contributed by atoms with Gasteiger partial charge in [0.1, 0.15) is 11.5 Å². The third-order valence-electron chi connectivity index (χ3n) is 5.09. The van der Waals surface area contributed by atoms with Crippen molar-refractivity contribution in [3.8, 4) is 23.0 Å². The number of carbonyl (C=O) groups excluding carboxylic acids is 1. The molecule has 0 radical (unpaired) electrons. The van der Waals surface area contributed by atoms with Gasteiger partial charge in [0.05, 0.1) is 26.9 Å². The Bertz CT molecular complexity index is 888. The highest BCUT2D eigenvalue weighted by atomic mass is 16.5. The van der Waals surface area contributed by atoms with Crippen LogP contribution in [-0.2, 0) is 0 Å². The van der Waals surface area contributed by atoms with Gasteiger partial charge >= 0.3 is 0 Å². The van der Waals surface area contributed by atoms with Crippen LogP contribution >= 0.6 is 0 Å². The van der Waals surface area contributed by atoms with Crippen molar-refractivity contribution < 1.29 is 23.7 Å². The van der Waals surface area contributed by atoms with Crippen LogP contribution in [0.25, 0.3) is 6.08 Å². The Balaban J connectivity index is 2.27. The first kappa shape index (κ1) is 26.3. The van der Waals surface area contributed by atoms with Crippen molar-refractivity contribution in [2.24, 2.45) is 0 Å². The molecule has 0 aliphatic heterocycles. The zero-order valence-electron chi connectivity index (χ0n) is 20.5. The summed E-state index contributed by atoms with van der Waals surface area (Å²) in [5, 5.41) is 0. The van der Waals surface area contributed by atoms with E-state index >= 15 is 0 Å². The minimum absolute atomic E-state index is 0.105. The van der Waals surface area contributed by atoms with E-state index in [1.54, 1.807) is 31.4 Å². The molecule has 0 unspecified atom stereocenters. The lowest BCUT2D eigenvalue weighted by Gasteiger charge is -2.16. The van der Waals surface area contributed by atoms with Crippen LogP contribution in [0.1, 0.15) is 75.2 Å². The number of unbranched alkanes of at least 4 members (excludes halogenated alkanes) is 3. The van der Waals surface area contributed by atoms with E-state index < -0.39 is 0 Å². The molecule has 0 fully saturated rings. The number of ketones is 1. The summed E-state index contributed by atoms with van der Waals surface area (Å²) >= 11 is 0. The Morgan fingerprint density at radius 1 is 0.818 bits per heavy atom. The predicted octanol–water partition coefficient (Wildman–Crippen LogP) is 7.13. The first-order chi connectivity index (χ1) is 16.1. The smallest absolute Gasteiger partial charge is 0.185 e. The zero-order chi connectivity index (χ0) is 23.9. The molecule has 180 valence electrons. The van der Waals surface area contributed by atoms with Crippen molar-refractivity contribution >= 4 is 11.9 Å². The molecule has 0 N–H and O–H groups in total. The molecule has 0 aromatic heterocycles. The van der Waals surface area contributed by atoms with Crippen LogP contribution in [0.15, 0.2) is 42.5 Å². The zero-order valence-corrected chi connectivity index (χ0v) is 20.5. The molecule has 0 aliphatic carbocycles. The van der Waals surface area contributed by atoms with Crippen molar-refractivity contribution in [3.63, 3.8) is 0 Å². The summed E-state index contributed by atoms with van der Waals surface area (Å²) in [7, 11) is 1.61. The van der Waals surface area contributed by atoms with Gasteiger partial charge in [0.15, 0.2) is 17.3 Å². The van der Waals surface area contributed by atoms with Gasteiger partial charge in [-0.05, 0) is 49.6 Å². The lowest BCUT2D eigenvalue weighted by Crippen LogP contribution is -2.03. The molecule has 0 spiro atoms. The summed E-state index contributed by atoms with van der Waals surface area (Å²) in [5.41, 5.74) is 1.33. The summed E-state index contributed by atoms with van der Waals surface area (Å²) in [6.45, 7) is 8.21. The molecule has 0 aliphatic rings. The van der Waals surface area contributed by atoms with Gasteiger partial charge in [-0.1, -0.05) is 52.2 Å². The second kappa shape index (κ2) is 15.0. The van der Waals surface area contributed by atoms with Gasteiger partial charge in [-0.25, -0.2) is 0 Å². The molecule has 5 heteroatoms. The fourth-order valence-corrected chi connectivity index (χ4v) is 3.10. The lowest BCUT2D eigenvalue weighted by molar-refractivity contribution is 0.104. The molecular formula is C28H38O5. The number of carbonyl (C=O) groups is 1. The predicted molar refractivity (Wildman–Crippen MR) is 134 cm³/mol. The van der Waals surface area contributed by atoms with E-state index in [9.17, 15) is 4.79 Å². The fourth-order valence-electron chi connectivity index (χ4n) is 3.10. The summed E-state index contributed by atoms with van der Waals surface area (Å²) in [6, 6.07) is 11.0. The number of methoxy groups -OCH3 is 1. The highest BCUT2D eigenvalue weighted by Gasteiger charge is 2.14. The molecule has 0 bridgehead atoms. The Morgan fingerprint density at radius 3 is 2.09 bits per heavy atom. The van der Waals surface area contributed by atoms with E-state index in [1.165, 1.54) is 0 Å². The normalized spacial score (nSPS) is 10.9. The largest absolute Gasteiger partial charge is 0.494 e. The van der Waals surface area contributed by atoms with Crippen molar-refractivity contribution in [1.29, 1.82) is 0 Å². The van der Waals surface area contributed by atoms with Crippen molar-refractivity contribution in [2.45, 2.75) is 59.3 Å². The van der Waals surface area contributed by atoms with Crippen molar-refractivity contribution in [2.75, 3.05) is 26.9 Å². The van der Waals surface area contributed by atoms with Gasteiger partial charge in [-0.15, -0.1) is 0 Å². The van der Waals surface area contributed by atoms with Crippen LogP contribution in [0.4, 0.5) is 0 Å². The highest BCUT2D eigenvalue weighted by molar-refractivity contribution is 6.07. The lowest BCUT2D eigenvalue weighted by atomic mass is 10.1. The molecule has 0 atom stereocenters. The van der Waals surface area contributed by atoms with Crippen molar-refractivity contribution in [1.82, 2.24) is 0 Å². The van der Waals surface area contributed by atoms with Gasteiger partial charge in [-0.3, -0.25) is 4.79 Å². The molecule has 2 aromatic rings. The Kier molecular flexibility index (Phi) is 11.9. The standard InChI is InChI=1S/C28H38O5/c1-5-8-16-31-24-13-11-12-22(19-24)26(29)15-14-23-20-25(32-17-9-6-2)21-27(30-4)28(23)33-18-10-7-3/h11-15,19-21H,5-10,16-18H2,1-4H3. The second-order valence-electron chi connectivity index (χ2n) is 7.88. The van der Waals surface area contributed by atoms with Gasteiger partial charge in [-0.2, -0.15) is 0 Å². The topological polar surface area (TPSA) is 54.0 Å². The van der Waals surface area contributed by atoms with Crippen LogP contribution in [0.2, 0.25) is 0 Å². The third-order valence-corrected chi connectivity index (χ3v) is 5.09. The fraction of sp³-hybridized carbons (Fsp3) is 0.464. The van der Waals surface area contributed by atoms with Gasteiger partial charge in [0, 0.05) is 17.2 Å². The Morgan fingerprint density at radius 2 is 1.45 bits per heavy atom. The molecule has 2 rings (SSSR count). The Hall–Kier alpha value is -2.95. The van der Waals surface area contributed by atoms with E-state index in [1.807, 2.05) is 24.3 Å². The average Bonchev–Trinajstić information content (AvgIpc) is 2.83. The van der Waals surface area contributed by atoms with Gasteiger partial charge < -0.3 is 18.9 Å². The molecule has 0 amide bonds. The maximum Gasteiger partial charge on any atom is 0.185 e. The number of hydrogen-bond donors (Lipinski definition) is 0. The third kappa shape index (κ3) is 8.83. The minimum Gasteiger partial charge on any atom is -0.494 e. The number of ether oxygens (including phenoxy) is 4. The Labute approximate surface area is 198 Å². The number of allylic oxidation sites excluding steroid dienone is 1. The van der Waals surface area contributed by atoms with Crippen LogP contribution in [-0.4, -0.2) is 32.7 Å². The molecule has 5 nitrogen and oxygen atoms in total. The summed E-state index contributed by atoms with van der Waals surface area (Å²) in [4.78, 5) is 12.9. The van der Waals surface area contributed by atoms with E-state index in [4.69, 9.17) is 18.9 Å². The van der Waals surface area contributed by atoms with Gasteiger partial charge in [0.2, 0.25) is 0 Å². The molecule has 0 heterocycles. The quantitative estimate of drug-likeness (QED) is 0.153. The maximum absolute atomic E-state index is 12.9. The van der Waals surface area contributed by atoms with Crippen molar-refractivity contribution in [3.05, 3.63) is 53.6 Å². The maximum atomic E-state index is 12.9. The average molecular weight is 455 g/mol. The molecule has 0 saturated carbocycles. The monoisotopic (exact) mass is 454 g/mol. The molecular weight excluding hydrogens is 416 g/mol. The first-order valence-corrected chi connectivity index (χ1v) is 12.1. The first-order valence-electron chi connectivity index (χ1n) is 12.1. The number of hydrogen-bond acceptors (Lipinski definition) is 5. The van der Waals surface area contributed by atoms with E-state index in [0.717, 1.165) is 44.1 Å². The van der Waals surface area contributed by atoms with Crippen LogP contribution in [0, 0.1) is 0 Å². The van der Waals surface area contributed by atoms with Gasteiger partial charge in [0.25, 0.3) is 0 Å². The summed E-state index contributed by atoms with van der Waals surface area (Å²) in [5.74, 6) is 2.51. The number of benzene rings is 2. The molecule has 0 saturated heterocycles. The molecule has 33 heavy (non-hydrogen) atoms. The van der Waals surface area contributed by atoms with E-state index in [2.05, 4.69) is 20.8 Å².